The Bertz CT molecular complexity index is 1590. The Labute approximate surface area is 231 Å². The van der Waals surface area contributed by atoms with E-state index >= 15 is 0 Å². The van der Waals surface area contributed by atoms with Crippen LogP contribution in [0.25, 0.3) is 28.2 Å². The van der Waals surface area contributed by atoms with Crippen LogP contribution >= 0.6 is 15.9 Å². The number of esters is 1. The Kier molecular flexibility index (Phi) is 7.66. The van der Waals surface area contributed by atoms with E-state index in [1.165, 1.54) is 0 Å². The molecular formula is C33H27BrN2O2. The summed E-state index contributed by atoms with van der Waals surface area (Å²) < 4.78 is 8.45. The van der Waals surface area contributed by atoms with E-state index in [-0.39, 0.29) is 5.97 Å². The summed E-state index contributed by atoms with van der Waals surface area (Å²) in [5.41, 5.74) is 8.67. The molecular weight excluding hydrogens is 536 g/mol. The Balaban J connectivity index is 1.72. The van der Waals surface area contributed by atoms with Crippen LogP contribution in [0.15, 0.2) is 119 Å². The number of rotatable bonds is 7. The van der Waals surface area contributed by atoms with Crippen molar-refractivity contribution in [2.45, 2.75) is 13.8 Å². The molecule has 0 bridgehead atoms. The zero-order chi connectivity index (χ0) is 26.5. The van der Waals surface area contributed by atoms with Crippen molar-refractivity contribution in [1.82, 2.24) is 4.57 Å². The predicted molar refractivity (Wildman–Crippen MR) is 159 cm³/mol. The molecule has 1 aromatic heterocycles. The maximum Gasteiger partial charge on any atom is 0.338 e. The lowest BCUT2D eigenvalue weighted by molar-refractivity contribution is 0.0526. The number of carbonyl (C=O) groups excluding carboxylic acids is 1. The summed E-state index contributed by atoms with van der Waals surface area (Å²) in [6.07, 6.45) is 1.94. The van der Waals surface area contributed by atoms with Gasteiger partial charge in [-0.3, -0.25) is 4.99 Å². The zero-order valence-corrected chi connectivity index (χ0v) is 22.9. The molecule has 0 unspecified atom stereocenters. The number of aromatic nitrogens is 1. The van der Waals surface area contributed by atoms with Crippen LogP contribution in [0.4, 0.5) is 5.69 Å². The number of hydrogen-bond donors (Lipinski definition) is 0. The van der Waals surface area contributed by atoms with Crippen molar-refractivity contribution >= 4 is 33.8 Å². The molecule has 0 spiro atoms. The van der Waals surface area contributed by atoms with Crippen LogP contribution < -0.4 is 0 Å². The van der Waals surface area contributed by atoms with Crippen LogP contribution in [0.1, 0.15) is 28.4 Å². The fourth-order valence-electron chi connectivity index (χ4n) is 4.47. The van der Waals surface area contributed by atoms with Crippen LogP contribution in [0.5, 0.6) is 0 Å². The van der Waals surface area contributed by atoms with Crippen LogP contribution in [0.3, 0.4) is 0 Å². The van der Waals surface area contributed by atoms with E-state index < -0.39 is 0 Å². The van der Waals surface area contributed by atoms with Crippen molar-refractivity contribution in [3.63, 3.8) is 0 Å². The summed E-state index contributed by atoms with van der Waals surface area (Å²) in [6.45, 7) is 4.21. The third-order valence-corrected chi connectivity index (χ3v) is 6.78. The summed E-state index contributed by atoms with van der Waals surface area (Å²) in [5.74, 6) is -0.323. The first kappa shape index (κ1) is 25.4. The summed E-state index contributed by atoms with van der Waals surface area (Å²) in [5, 5.41) is 0. The van der Waals surface area contributed by atoms with Gasteiger partial charge in [0.05, 0.1) is 29.2 Å². The van der Waals surface area contributed by atoms with Gasteiger partial charge in [-0.1, -0.05) is 76.6 Å². The molecule has 0 aliphatic rings. The summed E-state index contributed by atoms with van der Waals surface area (Å²) >= 11 is 3.54. The number of ether oxygens (including phenoxy) is 1. The van der Waals surface area contributed by atoms with E-state index in [2.05, 4.69) is 63.8 Å². The van der Waals surface area contributed by atoms with Gasteiger partial charge in [0, 0.05) is 21.9 Å². The van der Waals surface area contributed by atoms with Crippen LogP contribution in [0, 0.1) is 6.92 Å². The van der Waals surface area contributed by atoms with Crippen molar-refractivity contribution in [3.8, 4) is 28.2 Å². The van der Waals surface area contributed by atoms with Gasteiger partial charge in [-0.25, -0.2) is 4.79 Å². The minimum atomic E-state index is -0.323. The number of aliphatic imine (C=N–C) groups is 1. The van der Waals surface area contributed by atoms with E-state index in [1.807, 2.05) is 85.9 Å². The first-order valence-electron chi connectivity index (χ1n) is 12.5. The maximum atomic E-state index is 12.3. The standard InChI is InChI=1S/C33H27BrN2O2/c1-3-38-33(37)26-14-17-29(18-15-26)36-31(24-10-6-4-7-11-24)21-27(32(36)25-12-8-5-9-13-25)22-35-30-19-16-28(34)20-23(30)2/h4-22H,3H2,1-2H3. The molecule has 0 N–H and O–H groups in total. The highest BCUT2D eigenvalue weighted by Crippen LogP contribution is 2.36. The molecule has 4 aromatic carbocycles. The molecule has 0 atom stereocenters. The molecule has 0 saturated heterocycles. The van der Waals surface area contributed by atoms with E-state index in [9.17, 15) is 4.79 Å². The molecule has 5 heteroatoms. The van der Waals surface area contributed by atoms with Crippen LogP contribution in [-0.2, 0) is 4.74 Å². The largest absolute Gasteiger partial charge is 0.462 e. The lowest BCUT2D eigenvalue weighted by atomic mass is 10.1. The second-order valence-electron chi connectivity index (χ2n) is 8.86. The van der Waals surface area contributed by atoms with Crippen molar-refractivity contribution in [3.05, 3.63) is 130 Å². The number of carbonyl (C=O) groups is 1. The SMILES string of the molecule is CCOC(=O)c1ccc(-n2c(-c3ccccc3)cc(C=Nc3ccc(Br)cc3C)c2-c2ccccc2)cc1. The predicted octanol–water partition coefficient (Wildman–Crippen LogP) is 8.81. The minimum absolute atomic E-state index is 0.323. The fraction of sp³-hybridized carbons (Fsp3) is 0.0909. The molecule has 0 aliphatic heterocycles. The van der Waals surface area contributed by atoms with Crippen LogP contribution in [0.2, 0.25) is 0 Å². The highest BCUT2D eigenvalue weighted by molar-refractivity contribution is 9.10. The Morgan fingerprint density at radius 3 is 2.16 bits per heavy atom. The second kappa shape index (κ2) is 11.4. The molecule has 38 heavy (non-hydrogen) atoms. The minimum Gasteiger partial charge on any atom is -0.462 e. The Morgan fingerprint density at radius 2 is 1.53 bits per heavy atom. The average Bonchev–Trinajstić information content (AvgIpc) is 3.33. The third kappa shape index (κ3) is 5.38. The molecule has 0 fully saturated rings. The molecule has 0 amide bonds. The third-order valence-electron chi connectivity index (χ3n) is 6.29. The molecule has 0 saturated carbocycles. The van der Waals surface area contributed by atoms with Gasteiger partial charge in [-0.2, -0.15) is 0 Å². The molecule has 1 heterocycles. The van der Waals surface area contributed by atoms with Gasteiger partial charge in [0.15, 0.2) is 0 Å². The maximum absolute atomic E-state index is 12.3. The van der Waals surface area contributed by atoms with E-state index in [0.717, 1.165) is 49.5 Å². The van der Waals surface area contributed by atoms with Crippen LogP contribution in [-0.4, -0.2) is 23.4 Å². The van der Waals surface area contributed by atoms with Crippen molar-refractivity contribution in [2.75, 3.05) is 6.61 Å². The molecule has 188 valence electrons. The van der Waals surface area contributed by atoms with E-state index in [0.29, 0.717) is 12.2 Å². The normalized spacial score (nSPS) is 11.1. The monoisotopic (exact) mass is 562 g/mol. The highest BCUT2D eigenvalue weighted by Gasteiger charge is 2.19. The lowest BCUT2D eigenvalue weighted by Gasteiger charge is -2.15. The second-order valence-corrected chi connectivity index (χ2v) is 9.77. The summed E-state index contributed by atoms with van der Waals surface area (Å²) in [4.78, 5) is 17.2. The quantitative estimate of drug-likeness (QED) is 0.147. The smallest absolute Gasteiger partial charge is 0.338 e. The van der Waals surface area contributed by atoms with Gasteiger partial charge in [-0.05, 0) is 79.1 Å². The molecule has 5 aromatic rings. The topological polar surface area (TPSA) is 43.6 Å². The molecule has 0 aliphatic carbocycles. The Hall–Kier alpha value is -4.22. The summed E-state index contributed by atoms with van der Waals surface area (Å²) in [7, 11) is 0. The first-order chi connectivity index (χ1) is 18.5. The average molecular weight is 563 g/mol. The van der Waals surface area contributed by atoms with Gasteiger partial charge in [0.1, 0.15) is 0 Å². The fourth-order valence-corrected chi connectivity index (χ4v) is 4.95. The van der Waals surface area contributed by atoms with Gasteiger partial charge in [0.2, 0.25) is 0 Å². The number of nitrogens with zero attached hydrogens (tertiary/aromatic N) is 2. The van der Waals surface area contributed by atoms with Gasteiger partial charge in [-0.15, -0.1) is 0 Å². The first-order valence-corrected chi connectivity index (χ1v) is 13.3. The summed E-state index contributed by atoms with van der Waals surface area (Å²) in [6, 6.07) is 36.4. The lowest BCUT2D eigenvalue weighted by Crippen LogP contribution is -2.05. The number of aryl methyl sites for hydroxylation is 1. The molecule has 5 rings (SSSR count). The number of benzene rings is 4. The van der Waals surface area contributed by atoms with E-state index in [1.54, 1.807) is 0 Å². The van der Waals surface area contributed by atoms with Crippen molar-refractivity contribution in [2.24, 2.45) is 4.99 Å². The molecule has 4 nitrogen and oxygen atoms in total. The zero-order valence-electron chi connectivity index (χ0n) is 21.3. The Morgan fingerprint density at radius 1 is 0.868 bits per heavy atom. The highest BCUT2D eigenvalue weighted by atomic mass is 79.9. The number of hydrogen-bond acceptors (Lipinski definition) is 3. The van der Waals surface area contributed by atoms with Gasteiger partial charge < -0.3 is 9.30 Å². The van der Waals surface area contributed by atoms with Crippen molar-refractivity contribution in [1.29, 1.82) is 0 Å². The van der Waals surface area contributed by atoms with Crippen molar-refractivity contribution < 1.29 is 9.53 Å². The number of halogens is 1. The molecule has 0 radical (unpaired) electrons. The van der Waals surface area contributed by atoms with E-state index in [4.69, 9.17) is 9.73 Å². The van der Waals surface area contributed by atoms with Gasteiger partial charge >= 0.3 is 5.97 Å². The van der Waals surface area contributed by atoms with Gasteiger partial charge in [0.25, 0.3) is 0 Å².